The molecule has 1 amide bonds. The number of rotatable bonds is 4. The molecule has 0 unspecified atom stereocenters. The Balaban J connectivity index is 1.22. The number of nitrogens with one attached hydrogen (secondary N) is 1. The Morgan fingerprint density at radius 3 is 2.76 bits per heavy atom. The third kappa shape index (κ3) is 5.39. The summed E-state index contributed by atoms with van der Waals surface area (Å²) in [4.78, 5) is 41.3. The van der Waals surface area contributed by atoms with E-state index in [1.165, 1.54) is 23.1 Å². The van der Waals surface area contributed by atoms with Gasteiger partial charge in [0.05, 0.1) is 35.4 Å². The Hall–Kier alpha value is -5.57. The van der Waals surface area contributed by atoms with E-state index in [2.05, 4.69) is 29.9 Å². The summed E-state index contributed by atoms with van der Waals surface area (Å²) in [6.45, 7) is 5.54. The molecule has 250 valence electrons. The molecule has 8 rings (SSSR count). The normalized spacial score (nSPS) is 19.7. The van der Waals surface area contributed by atoms with Crippen LogP contribution in [0.25, 0.3) is 39.1 Å². The molecule has 1 aromatic carbocycles. The van der Waals surface area contributed by atoms with Gasteiger partial charge in [0.15, 0.2) is 17.1 Å². The number of fused-ring (bicyclic) bond motifs is 6. The molecule has 13 nitrogen and oxygen atoms in total. The SMILES string of the molecule is CCO[C@@H]1CN(C)C(=O)[C@@H]2C[C@@H](CN2c2ncnc3c2cnn3-c2ccc(F)cc2F)Nc2cccc(n2)-c2ccnc3nc(C)n(c23)C1. The third-order valence-corrected chi connectivity index (χ3v) is 9.19. The van der Waals surface area contributed by atoms with Crippen molar-refractivity contribution >= 4 is 39.7 Å². The molecular formula is C34H33F2N11O2. The fourth-order valence-electron chi connectivity index (χ4n) is 7.02. The third-order valence-electron chi connectivity index (χ3n) is 9.19. The first-order valence-electron chi connectivity index (χ1n) is 16.1. The highest BCUT2D eigenvalue weighted by molar-refractivity contribution is 5.93. The molecule has 15 heteroatoms. The first kappa shape index (κ1) is 30.7. The van der Waals surface area contributed by atoms with Crippen LogP contribution in [0.4, 0.5) is 20.4 Å². The molecule has 5 aromatic heterocycles. The van der Waals surface area contributed by atoms with Gasteiger partial charge in [0.1, 0.15) is 41.3 Å². The van der Waals surface area contributed by atoms with E-state index < -0.39 is 17.7 Å². The molecule has 49 heavy (non-hydrogen) atoms. The van der Waals surface area contributed by atoms with E-state index in [-0.39, 0.29) is 23.7 Å². The summed E-state index contributed by atoms with van der Waals surface area (Å²) >= 11 is 0. The van der Waals surface area contributed by atoms with Gasteiger partial charge in [-0.05, 0) is 50.6 Å². The Kier molecular flexibility index (Phi) is 7.62. The zero-order chi connectivity index (χ0) is 33.8. The lowest BCUT2D eigenvalue weighted by atomic mass is 10.1. The minimum Gasteiger partial charge on any atom is -0.375 e. The molecule has 3 atom stereocenters. The number of carbonyl (C=O) groups is 1. The maximum absolute atomic E-state index is 14.8. The standard InChI is InChI=1S/C34H33F2N11O2/c1-4-49-22-16-44(3)34(48)28-13-21(42-29-7-5-6-26(43-29)23-10-11-37-31-30(23)45(17-22)19(2)41-31)15-46(28)32-24-14-40-47(33(24)39-18-38-32)27-9-8-20(35)12-25(27)36/h5-12,14,18,21-22,28H,4,13,15-17H2,1-3H3,(H,42,43)/t21-,22+,28-/m0/s1. The van der Waals surface area contributed by atoms with Crippen LogP contribution in [0.5, 0.6) is 0 Å². The van der Waals surface area contributed by atoms with Crippen molar-refractivity contribution in [2.24, 2.45) is 0 Å². The van der Waals surface area contributed by atoms with Gasteiger partial charge in [-0.2, -0.15) is 5.10 Å². The molecular weight excluding hydrogens is 632 g/mol. The summed E-state index contributed by atoms with van der Waals surface area (Å²) in [5.41, 5.74) is 3.52. The van der Waals surface area contributed by atoms with Crippen LogP contribution in [0, 0.1) is 18.6 Å². The molecule has 2 aliphatic rings. The van der Waals surface area contributed by atoms with Crippen LogP contribution < -0.4 is 10.2 Å². The largest absolute Gasteiger partial charge is 0.375 e. The van der Waals surface area contributed by atoms with Crippen LogP contribution in [0.1, 0.15) is 19.2 Å². The van der Waals surface area contributed by atoms with Gasteiger partial charge >= 0.3 is 0 Å². The number of amides is 1. The van der Waals surface area contributed by atoms with Gasteiger partial charge in [0.2, 0.25) is 5.91 Å². The number of hydrogen-bond donors (Lipinski definition) is 1. The summed E-state index contributed by atoms with van der Waals surface area (Å²) in [6, 6.07) is 10.3. The van der Waals surface area contributed by atoms with Crippen molar-refractivity contribution < 1.29 is 18.3 Å². The van der Waals surface area contributed by atoms with E-state index in [9.17, 15) is 13.6 Å². The summed E-state index contributed by atoms with van der Waals surface area (Å²) in [5.74, 6) is 0.349. The van der Waals surface area contributed by atoms with E-state index in [4.69, 9.17) is 14.7 Å². The maximum atomic E-state index is 14.8. The van der Waals surface area contributed by atoms with Crippen molar-refractivity contribution in [2.75, 3.05) is 37.0 Å². The smallest absolute Gasteiger partial charge is 0.245 e. The zero-order valence-electron chi connectivity index (χ0n) is 27.1. The Morgan fingerprint density at radius 1 is 1.04 bits per heavy atom. The Bertz CT molecular complexity index is 2220. The van der Waals surface area contributed by atoms with Crippen molar-refractivity contribution in [1.29, 1.82) is 0 Å². The van der Waals surface area contributed by atoms with Crippen molar-refractivity contribution in [3.63, 3.8) is 0 Å². The van der Waals surface area contributed by atoms with Crippen molar-refractivity contribution in [3.05, 3.63) is 78.6 Å². The van der Waals surface area contributed by atoms with Gasteiger partial charge in [-0.15, -0.1) is 0 Å². The predicted octanol–water partition coefficient (Wildman–Crippen LogP) is 4.15. The average molecular weight is 666 g/mol. The zero-order valence-corrected chi connectivity index (χ0v) is 27.1. The van der Waals surface area contributed by atoms with Crippen molar-refractivity contribution in [2.45, 2.75) is 45.0 Å². The van der Waals surface area contributed by atoms with Crippen LogP contribution >= 0.6 is 0 Å². The minimum absolute atomic E-state index is 0.0477. The molecule has 0 aliphatic carbocycles. The number of anilines is 2. The van der Waals surface area contributed by atoms with Crippen LogP contribution in [-0.2, 0) is 16.1 Å². The van der Waals surface area contributed by atoms with Gasteiger partial charge in [0.25, 0.3) is 0 Å². The lowest BCUT2D eigenvalue weighted by Gasteiger charge is -2.31. The van der Waals surface area contributed by atoms with Gasteiger partial charge in [-0.3, -0.25) is 4.79 Å². The van der Waals surface area contributed by atoms with Crippen molar-refractivity contribution in [3.8, 4) is 16.9 Å². The second-order valence-electron chi connectivity index (χ2n) is 12.3. The molecule has 1 fully saturated rings. The fraction of sp³-hybridized carbons (Fsp3) is 0.324. The molecule has 0 spiro atoms. The molecule has 2 aliphatic heterocycles. The molecule has 0 saturated carbocycles. The van der Waals surface area contributed by atoms with Crippen LogP contribution in [0.3, 0.4) is 0 Å². The van der Waals surface area contributed by atoms with E-state index in [1.807, 2.05) is 43.0 Å². The number of carbonyl (C=O) groups excluding carboxylic acids is 1. The highest BCUT2D eigenvalue weighted by Crippen LogP contribution is 2.34. The number of ether oxygens (including phenoxy) is 1. The number of aromatic nitrogens is 8. The lowest BCUT2D eigenvalue weighted by Crippen LogP contribution is -2.47. The molecule has 7 heterocycles. The molecule has 1 saturated heterocycles. The first-order valence-corrected chi connectivity index (χ1v) is 16.1. The van der Waals surface area contributed by atoms with E-state index in [0.717, 1.165) is 28.7 Å². The summed E-state index contributed by atoms with van der Waals surface area (Å²) in [5, 5.41) is 8.48. The second kappa shape index (κ2) is 12.1. The summed E-state index contributed by atoms with van der Waals surface area (Å²) in [6.07, 6.45) is 4.77. The summed E-state index contributed by atoms with van der Waals surface area (Å²) < 4.78 is 38.1. The predicted molar refractivity (Wildman–Crippen MR) is 178 cm³/mol. The Labute approximate surface area is 279 Å². The highest BCUT2D eigenvalue weighted by Gasteiger charge is 2.41. The number of imidazole rings is 1. The summed E-state index contributed by atoms with van der Waals surface area (Å²) in [7, 11) is 1.78. The number of hydrogen-bond acceptors (Lipinski definition) is 10. The van der Waals surface area contributed by atoms with E-state index in [1.54, 1.807) is 24.3 Å². The molecule has 4 bridgehead atoms. The van der Waals surface area contributed by atoms with Crippen LogP contribution in [-0.4, -0.2) is 95.0 Å². The number of nitrogens with zero attached hydrogens (tertiary/aromatic N) is 10. The molecule has 0 radical (unpaired) electrons. The van der Waals surface area contributed by atoms with Gasteiger partial charge < -0.3 is 24.4 Å². The minimum atomic E-state index is -0.775. The van der Waals surface area contributed by atoms with Crippen molar-refractivity contribution in [1.82, 2.24) is 44.2 Å². The number of pyridine rings is 2. The van der Waals surface area contributed by atoms with Gasteiger partial charge in [-0.25, -0.2) is 38.4 Å². The van der Waals surface area contributed by atoms with Gasteiger partial charge in [-0.1, -0.05) is 6.07 Å². The monoisotopic (exact) mass is 665 g/mol. The second-order valence-corrected chi connectivity index (χ2v) is 12.3. The van der Waals surface area contributed by atoms with Crippen LogP contribution in [0.15, 0.2) is 61.2 Å². The number of aryl methyl sites for hydroxylation is 1. The maximum Gasteiger partial charge on any atom is 0.245 e. The quantitative estimate of drug-likeness (QED) is 0.293. The Morgan fingerprint density at radius 2 is 1.92 bits per heavy atom. The average Bonchev–Trinajstić information content (AvgIpc) is 3.79. The molecule has 1 N–H and O–H groups in total. The van der Waals surface area contributed by atoms with Crippen LogP contribution in [0.2, 0.25) is 0 Å². The highest BCUT2D eigenvalue weighted by atomic mass is 19.1. The van der Waals surface area contributed by atoms with Gasteiger partial charge in [0, 0.05) is 50.6 Å². The number of benzene rings is 1. The first-order chi connectivity index (χ1) is 23.8. The lowest BCUT2D eigenvalue weighted by molar-refractivity contribution is -0.133. The van der Waals surface area contributed by atoms with E-state index >= 15 is 0 Å². The van der Waals surface area contributed by atoms with E-state index in [0.29, 0.717) is 61.0 Å². The number of likely N-dealkylation sites (N-methyl/N-ethyl adjacent to an activating group) is 1. The number of halogens is 2. The molecule has 6 aromatic rings. The topological polar surface area (TPSA) is 132 Å². The fourth-order valence-corrected chi connectivity index (χ4v) is 7.02.